The number of hydrogen-bond acceptors (Lipinski definition) is 3. The number of para-hydroxylation sites is 2. The van der Waals surface area contributed by atoms with Gasteiger partial charge in [0, 0.05) is 19.3 Å². The lowest BCUT2D eigenvalue weighted by Crippen LogP contribution is -2.36. The molecule has 2 aromatic rings. The Morgan fingerprint density at radius 3 is 2.57 bits per heavy atom. The second kappa shape index (κ2) is 6.43. The molecule has 0 saturated heterocycles. The van der Waals surface area contributed by atoms with Gasteiger partial charge in [-0.2, -0.15) is 5.10 Å². The number of nitrogens with two attached hydrogens (primary N) is 1. The van der Waals surface area contributed by atoms with Gasteiger partial charge in [-0.05, 0) is 31.0 Å². The zero-order chi connectivity index (χ0) is 15.4. The monoisotopic (exact) mass is 286 g/mol. The summed E-state index contributed by atoms with van der Waals surface area (Å²) in [6.45, 7) is 4.17. The average molecular weight is 286 g/mol. The fourth-order valence-electron chi connectivity index (χ4n) is 2.45. The summed E-state index contributed by atoms with van der Waals surface area (Å²) >= 11 is 0. The number of carbonyl (C=O) groups excluding carboxylic acids is 1. The fraction of sp³-hybridized carbons (Fsp3) is 0.375. The Kier molecular flexibility index (Phi) is 4.62. The Bertz CT molecular complexity index is 616. The number of aromatic nitrogens is 2. The first-order valence-corrected chi connectivity index (χ1v) is 7.26. The lowest BCUT2D eigenvalue weighted by Gasteiger charge is -2.25. The summed E-state index contributed by atoms with van der Waals surface area (Å²) in [5.74, 6) is -0.0584. The van der Waals surface area contributed by atoms with Crippen LogP contribution in [0.4, 0.5) is 5.69 Å². The van der Waals surface area contributed by atoms with Gasteiger partial charge < -0.3 is 10.6 Å². The number of nitrogens with zero attached hydrogens (tertiary/aromatic N) is 3. The Morgan fingerprint density at radius 2 is 1.95 bits per heavy atom. The van der Waals surface area contributed by atoms with E-state index in [2.05, 4.69) is 18.9 Å². The van der Waals surface area contributed by atoms with Crippen LogP contribution in [-0.4, -0.2) is 33.7 Å². The summed E-state index contributed by atoms with van der Waals surface area (Å²) in [5.41, 5.74) is 7.78. The number of hydrogen-bond donors (Lipinski definition) is 1. The van der Waals surface area contributed by atoms with Crippen LogP contribution in [0.3, 0.4) is 0 Å². The van der Waals surface area contributed by atoms with Gasteiger partial charge in [-0.25, -0.2) is 4.68 Å². The molecule has 0 bridgehead atoms. The molecule has 112 valence electrons. The van der Waals surface area contributed by atoms with Crippen molar-refractivity contribution in [1.29, 1.82) is 0 Å². The Morgan fingerprint density at radius 1 is 1.29 bits per heavy atom. The van der Waals surface area contributed by atoms with E-state index < -0.39 is 0 Å². The molecule has 0 atom stereocenters. The van der Waals surface area contributed by atoms with Crippen molar-refractivity contribution in [2.75, 3.05) is 12.8 Å². The molecule has 2 N–H and O–H groups in total. The van der Waals surface area contributed by atoms with E-state index in [9.17, 15) is 4.79 Å². The molecule has 2 rings (SSSR count). The molecule has 1 amide bonds. The van der Waals surface area contributed by atoms with Gasteiger partial charge in [0.05, 0.1) is 11.4 Å². The summed E-state index contributed by atoms with van der Waals surface area (Å²) < 4.78 is 1.64. The summed E-state index contributed by atoms with van der Waals surface area (Å²) in [5, 5.41) is 4.36. The van der Waals surface area contributed by atoms with Gasteiger partial charge in [0.2, 0.25) is 0 Å². The van der Waals surface area contributed by atoms with Crippen LogP contribution in [0, 0.1) is 0 Å². The van der Waals surface area contributed by atoms with Crippen LogP contribution in [0.15, 0.2) is 36.5 Å². The van der Waals surface area contributed by atoms with E-state index in [-0.39, 0.29) is 11.9 Å². The third-order valence-corrected chi connectivity index (χ3v) is 3.80. The van der Waals surface area contributed by atoms with Gasteiger partial charge in [-0.15, -0.1) is 0 Å². The lowest BCUT2D eigenvalue weighted by molar-refractivity contribution is 0.0717. The number of anilines is 1. The highest BCUT2D eigenvalue weighted by atomic mass is 16.2. The summed E-state index contributed by atoms with van der Waals surface area (Å²) in [6.07, 6.45) is 3.63. The third kappa shape index (κ3) is 3.07. The highest BCUT2D eigenvalue weighted by molar-refractivity contribution is 5.92. The summed E-state index contributed by atoms with van der Waals surface area (Å²) in [6, 6.07) is 9.42. The van der Waals surface area contributed by atoms with E-state index in [4.69, 9.17) is 5.73 Å². The third-order valence-electron chi connectivity index (χ3n) is 3.80. The highest BCUT2D eigenvalue weighted by Crippen LogP contribution is 2.17. The molecule has 0 radical (unpaired) electrons. The zero-order valence-electron chi connectivity index (χ0n) is 12.8. The summed E-state index contributed by atoms with van der Waals surface area (Å²) in [4.78, 5) is 14.2. The zero-order valence-corrected chi connectivity index (χ0v) is 12.8. The minimum absolute atomic E-state index is 0.0584. The van der Waals surface area contributed by atoms with Crippen molar-refractivity contribution < 1.29 is 4.79 Å². The van der Waals surface area contributed by atoms with E-state index >= 15 is 0 Å². The molecule has 0 spiro atoms. The molecule has 0 aliphatic heterocycles. The van der Waals surface area contributed by atoms with Crippen LogP contribution in [0.2, 0.25) is 0 Å². The molecule has 5 heteroatoms. The van der Waals surface area contributed by atoms with Crippen molar-refractivity contribution in [2.24, 2.45) is 0 Å². The van der Waals surface area contributed by atoms with Crippen LogP contribution < -0.4 is 5.73 Å². The standard InChI is InChI=1S/C16H22N4O/c1-4-12(5-2)19(3)16(21)14-10-11-20(18-14)15-9-7-6-8-13(15)17/h6-12H,4-5,17H2,1-3H3. The molecule has 5 nitrogen and oxygen atoms in total. The van der Waals surface area contributed by atoms with Gasteiger partial charge in [0.25, 0.3) is 5.91 Å². The van der Waals surface area contributed by atoms with Gasteiger partial charge in [0.15, 0.2) is 5.69 Å². The SMILES string of the molecule is CCC(CC)N(C)C(=O)c1ccn(-c2ccccc2N)n1. The molecule has 0 unspecified atom stereocenters. The maximum absolute atomic E-state index is 12.5. The maximum atomic E-state index is 12.5. The minimum atomic E-state index is -0.0584. The minimum Gasteiger partial charge on any atom is -0.397 e. The van der Waals surface area contributed by atoms with Crippen molar-refractivity contribution >= 4 is 11.6 Å². The van der Waals surface area contributed by atoms with Crippen molar-refractivity contribution in [1.82, 2.24) is 14.7 Å². The van der Waals surface area contributed by atoms with E-state index in [0.717, 1.165) is 18.5 Å². The van der Waals surface area contributed by atoms with Crippen molar-refractivity contribution in [3.8, 4) is 5.69 Å². The second-order valence-electron chi connectivity index (χ2n) is 5.09. The Hall–Kier alpha value is -2.30. The molecule has 1 heterocycles. The largest absolute Gasteiger partial charge is 0.397 e. The highest BCUT2D eigenvalue weighted by Gasteiger charge is 2.20. The van der Waals surface area contributed by atoms with Crippen molar-refractivity contribution in [3.63, 3.8) is 0 Å². The van der Waals surface area contributed by atoms with Gasteiger partial charge in [-0.3, -0.25) is 4.79 Å². The van der Waals surface area contributed by atoms with E-state index in [1.54, 1.807) is 21.8 Å². The number of amides is 1. The first-order chi connectivity index (χ1) is 10.1. The molecule has 0 saturated carbocycles. The fourth-order valence-corrected chi connectivity index (χ4v) is 2.45. The normalized spacial score (nSPS) is 10.9. The second-order valence-corrected chi connectivity index (χ2v) is 5.09. The van der Waals surface area contributed by atoms with Crippen molar-refractivity contribution in [3.05, 3.63) is 42.2 Å². The van der Waals surface area contributed by atoms with E-state index in [1.165, 1.54) is 0 Å². The first-order valence-electron chi connectivity index (χ1n) is 7.26. The number of benzene rings is 1. The topological polar surface area (TPSA) is 64.2 Å². The molecule has 0 aliphatic carbocycles. The van der Waals surface area contributed by atoms with Crippen LogP contribution in [0.1, 0.15) is 37.2 Å². The molecule has 1 aromatic heterocycles. The molecule has 0 fully saturated rings. The van der Waals surface area contributed by atoms with Gasteiger partial charge in [0.1, 0.15) is 0 Å². The van der Waals surface area contributed by atoms with Crippen molar-refractivity contribution in [2.45, 2.75) is 32.7 Å². The van der Waals surface area contributed by atoms with Crippen LogP contribution in [0.5, 0.6) is 0 Å². The van der Waals surface area contributed by atoms with Crippen LogP contribution in [-0.2, 0) is 0 Å². The molecule has 21 heavy (non-hydrogen) atoms. The van der Waals surface area contributed by atoms with Crippen LogP contribution in [0.25, 0.3) is 5.69 Å². The number of nitrogen functional groups attached to an aromatic ring is 1. The van der Waals surface area contributed by atoms with Gasteiger partial charge >= 0.3 is 0 Å². The predicted octanol–water partition coefficient (Wildman–Crippen LogP) is 2.72. The predicted molar refractivity (Wildman–Crippen MR) is 84.4 cm³/mol. The molecular formula is C16H22N4O. The smallest absolute Gasteiger partial charge is 0.274 e. The van der Waals surface area contributed by atoms with Gasteiger partial charge in [-0.1, -0.05) is 26.0 Å². The Balaban J connectivity index is 2.24. The molecule has 1 aromatic carbocycles. The Labute approximate surface area is 125 Å². The number of carbonyl (C=O) groups is 1. The number of rotatable bonds is 5. The maximum Gasteiger partial charge on any atom is 0.274 e. The summed E-state index contributed by atoms with van der Waals surface area (Å²) in [7, 11) is 1.83. The quantitative estimate of drug-likeness (QED) is 0.859. The van der Waals surface area contributed by atoms with E-state index in [0.29, 0.717) is 11.4 Å². The van der Waals surface area contributed by atoms with E-state index in [1.807, 2.05) is 31.3 Å². The molecule has 0 aliphatic rings. The molecular weight excluding hydrogens is 264 g/mol. The average Bonchev–Trinajstić information content (AvgIpc) is 2.97. The van der Waals surface area contributed by atoms with Crippen LogP contribution >= 0.6 is 0 Å². The lowest BCUT2D eigenvalue weighted by atomic mass is 10.1. The first kappa shape index (κ1) is 15.1.